The van der Waals surface area contributed by atoms with Gasteiger partial charge in [0.15, 0.2) is 0 Å². The van der Waals surface area contributed by atoms with Crippen molar-refractivity contribution >= 4 is 23.6 Å². The summed E-state index contributed by atoms with van der Waals surface area (Å²) in [4.78, 5) is 27.0. The molecule has 0 radical (unpaired) electrons. The molecule has 0 heterocycles. The second-order valence-electron chi connectivity index (χ2n) is 6.82. The molecular weight excluding hydrogens is 356 g/mol. The summed E-state index contributed by atoms with van der Waals surface area (Å²) in [6.45, 7) is 6.06. The van der Waals surface area contributed by atoms with Crippen molar-refractivity contribution in [2.45, 2.75) is 45.2 Å². The predicted octanol–water partition coefficient (Wildman–Crippen LogP) is 3.86. The zero-order chi connectivity index (χ0) is 19.6. The van der Waals surface area contributed by atoms with Crippen molar-refractivity contribution in [3.05, 3.63) is 71.8 Å². The van der Waals surface area contributed by atoms with Gasteiger partial charge < -0.3 is 10.2 Å². The molecule has 27 heavy (non-hydrogen) atoms. The first-order valence-corrected chi connectivity index (χ1v) is 10.4. The normalized spacial score (nSPS) is 11.9. The standard InChI is InChI=1S/C22H28N2O2S/c1-17(2)23-22(26)18(3)24(14-19-10-6-4-7-11-19)21(25)16-27-15-20-12-8-5-9-13-20/h4-13,17-18H,14-16H2,1-3H3,(H,23,26)/t18-/m0/s1. The molecule has 5 heteroatoms. The predicted molar refractivity (Wildman–Crippen MR) is 112 cm³/mol. The molecule has 0 unspecified atom stereocenters. The zero-order valence-corrected chi connectivity index (χ0v) is 17.0. The van der Waals surface area contributed by atoms with E-state index in [4.69, 9.17) is 0 Å². The van der Waals surface area contributed by atoms with Crippen LogP contribution in [0.3, 0.4) is 0 Å². The molecule has 0 saturated heterocycles. The van der Waals surface area contributed by atoms with Crippen LogP contribution in [0.25, 0.3) is 0 Å². The molecule has 0 spiro atoms. The minimum Gasteiger partial charge on any atom is -0.352 e. The fourth-order valence-electron chi connectivity index (χ4n) is 2.68. The maximum atomic E-state index is 12.9. The van der Waals surface area contributed by atoms with Crippen molar-refractivity contribution in [1.29, 1.82) is 0 Å². The van der Waals surface area contributed by atoms with Crippen molar-refractivity contribution in [2.75, 3.05) is 5.75 Å². The fraction of sp³-hybridized carbons (Fsp3) is 0.364. The molecule has 2 aromatic carbocycles. The summed E-state index contributed by atoms with van der Waals surface area (Å²) < 4.78 is 0. The highest BCUT2D eigenvalue weighted by atomic mass is 32.2. The van der Waals surface area contributed by atoms with Gasteiger partial charge in [0.25, 0.3) is 0 Å². The van der Waals surface area contributed by atoms with Gasteiger partial charge in [0.05, 0.1) is 5.75 Å². The van der Waals surface area contributed by atoms with Crippen molar-refractivity contribution < 1.29 is 9.59 Å². The molecule has 2 aromatic rings. The van der Waals surface area contributed by atoms with Gasteiger partial charge in [-0.15, -0.1) is 11.8 Å². The lowest BCUT2D eigenvalue weighted by Gasteiger charge is -2.29. The van der Waals surface area contributed by atoms with Crippen LogP contribution in [0.1, 0.15) is 31.9 Å². The number of thioether (sulfide) groups is 1. The van der Waals surface area contributed by atoms with Crippen LogP contribution in [0, 0.1) is 0 Å². The maximum absolute atomic E-state index is 12.9. The first-order chi connectivity index (χ1) is 13.0. The monoisotopic (exact) mass is 384 g/mol. The van der Waals surface area contributed by atoms with Crippen LogP contribution in [0.2, 0.25) is 0 Å². The fourth-order valence-corrected chi connectivity index (χ4v) is 3.55. The van der Waals surface area contributed by atoms with E-state index in [2.05, 4.69) is 17.4 Å². The second kappa shape index (κ2) is 10.8. The Kier molecular flexibility index (Phi) is 8.40. The van der Waals surface area contributed by atoms with Crippen LogP contribution in [0.5, 0.6) is 0 Å². The third-order valence-electron chi connectivity index (χ3n) is 4.13. The summed E-state index contributed by atoms with van der Waals surface area (Å²) in [5.41, 5.74) is 2.21. The Labute approximate surface area is 166 Å². The third-order valence-corrected chi connectivity index (χ3v) is 5.12. The van der Waals surface area contributed by atoms with E-state index in [1.807, 2.05) is 62.4 Å². The molecule has 0 aliphatic heterocycles. The maximum Gasteiger partial charge on any atom is 0.242 e. The highest BCUT2D eigenvalue weighted by molar-refractivity contribution is 7.99. The van der Waals surface area contributed by atoms with Gasteiger partial charge in [-0.3, -0.25) is 9.59 Å². The number of rotatable bonds is 9. The van der Waals surface area contributed by atoms with Crippen molar-refractivity contribution in [1.82, 2.24) is 10.2 Å². The Morgan fingerprint density at radius 2 is 1.48 bits per heavy atom. The second-order valence-corrected chi connectivity index (χ2v) is 7.81. The Balaban J connectivity index is 2.03. The molecule has 0 aliphatic carbocycles. The van der Waals surface area contributed by atoms with E-state index in [0.29, 0.717) is 12.3 Å². The summed E-state index contributed by atoms with van der Waals surface area (Å²) >= 11 is 1.57. The molecule has 2 amide bonds. The number of nitrogens with zero attached hydrogens (tertiary/aromatic N) is 1. The Morgan fingerprint density at radius 1 is 0.926 bits per heavy atom. The van der Waals surface area contributed by atoms with Gasteiger partial charge in [-0.2, -0.15) is 0 Å². The van der Waals surface area contributed by atoms with Crippen LogP contribution in [-0.4, -0.2) is 34.6 Å². The SMILES string of the molecule is CC(C)NC(=O)[C@H](C)N(Cc1ccccc1)C(=O)CSCc1ccccc1. The summed E-state index contributed by atoms with van der Waals surface area (Å²) in [5.74, 6) is 0.979. The van der Waals surface area contributed by atoms with Gasteiger partial charge in [-0.1, -0.05) is 60.7 Å². The molecule has 4 nitrogen and oxygen atoms in total. The highest BCUT2D eigenvalue weighted by Crippen LogP contribution is 2.16. The van der Waals surface area contributed by atoms with Gasteiger partial charge in [0.2, 0.25) is 11.8 Å². The molecule has 0 bridgehead atoms. The summed E-state index contributed by atoms with van der Waals surface area (Å²) in [6, 6.07) is 19.4. The van der Waals surface area contributed by atoms with Gasteiger partial charge in [-0.25, -0.2) is 0 Å². The molecule has 1 atom stereocenters. The largest absolute Gasteiger partial charge is 0.352 e. The Morgan fingerprint density at radius 3 is 2.04 bits per heavy atom. The van der Waals surface area contributed by atoms with Crippen LogP contribution in [0.4, 0.5) is 0 Å². The average Bonchev–Trinajstić information content (AvgIpc) is 2.66. The van der Waals surface area contributed by atoms with Gasteiger partial charge in [-0.05, 0) is 31.9 Å². The topological polar surface area (TPSA) is 49.4 Å². The first kappa shape index (κ1) is 21.0. The quantitative estimate of drug-likeness (QED) is 0.714. The highest BCUT2D eigenvalue weighted by Gasteiger charge is 2.26. The smallest absolute Gasteiger partial charge is 0.242 e. The number of benzene rings is 2. The van der Waals surface area contributed by atoms with Crippen molar-refractivity contribution in [3.63, 3.8) is 0 Å². The number of amides is 2. The van der Waals surface area contributed by atoms with Gasteiger partial charge in [0.1, 0.15) is 6.04 Å². The van der Waals surface area contributed by atoms with Crippen LogP contribution in [-0.2, 0) is 21.9 Å². The molecule has 0 fully saturated rings. The lowest BCUT2D eigenvalue weighted by molar-refractivity contribution is -0.138. The minimum atomic E-state index is -0.516. The van der Waals surface area contributed by atoms with E-state index >= 15 is 0 Å². The van der Waals surface area contributed by atoms with Gasteiger partial charge in [0, 0.05) is 18.3 Å². The summed E-state index contributed by atoms with van der Waals surface area (Å²) in [6.07, 6.45) is 0. The molecule has 0 aliphatic rings. The first-order valence-electron chi connectivity index (χ1n) is 9.23. The zero-order valence-electron chi connectivity index (χ0n) is 16.2. The van der Waals surface area contributed by atoms with E-state index in [1.165, 1.54) is 5.56 Å². The van der Waals surface area contributed by atoms with Crippen molar-refractivity contribution in [2.24, 2.45) is 0 Å². The van der Waals surface area contributed by atoms with E-state index in [9.17, 15) is 9.59 Å². The summed E-state index contributed by atoms with van der Waals surface area (Å²) in [5, 5.41) is 2.91. The Hall–Kier alpha value is -2.27. The van der Waals surface area contributed by atoms with E-state index < -0.39 is 6.04 Å². The van der Waals surface area contributed by atoms with E-state index in [0.717, 1.165) is 11.3 Å². The molecular formula is C22H28N2O2S. The number of hydrogen-bond donors (Lipinski definition) is 1. The van der Waals surface area contributed by atoms with Crippen molar-refractivity contribution in [3.8, 4) is 0 Å². The number of hydrogen-bond acceptors (Lipinski definition) is 3. The van der Waals surface area contributed by atoms with E-state index in [1.54, 1.807) is 23.6 Å². The van der Waals surface area contributed by atoms with Crippen LogP contribution in [0.15, 0.2) is 60.7 Å². The molecule has 1 N–H and O–H groups in total. The lowest BCUT2D eigenvalue weighted by Crippen LogP contribution is -2.49. The number of carbonyl (C=O) groups is 2. The molecule has 2 rings (SSSR count). The van der Waals surface area contributed by atoms with Gasteiger partial charge >= 0.3 is 0 Å². The molecule has 0 aromatic heterocycles. The number of carbonyl (C=O) groups excluding carboxylic acids is 2. The summed E-state index contributed by atoms with van der Waals surface area (Å²) in [7, 11) is 0. The lowest BCUT2D eigenvalue weighted by atomic mass is 10.1. The van der Waals surface area contributed by atoms with Crippen LogP contribution < -0.4 is 5.32 Å². The molecule has 0 saturated carbocycles. The minimum absolute atomic E-state index is 0.0220. The van der Waals surface area contributed by atoms with Crippen LogP contribution >= 0.6 is 11.8 Å². The van der Waals surface area contributed by atoms with E-state index in [-0.39, 0.29) is 17.9 Å². The Bertz CT molecular complexity index is 720. The average molecular weight is 385 g/mol. The number of nitrogens with one attached hydrogen (secondary N) is 1. The molecule has 144 valence electrons. The third kappa shape index (κ3) is 7.10.